The van der Waals surface area contributed by atoms with Crippen LogP contribution in [-0.2, 0) is 6.54 Å². The smallest absolute Gasteiger partial charge is 0.0587 e. The number of likely N-dealkylation sites (N-methyl/N-ethyl adjacent to an activating group) is 1. The van der Waals surface area contributed by atoms with E-state index in [1.54, 1.807) is 11.3 Å². The summed E-state index contributed by atoms with van der Waals surface area (Å²) in [6, 6.07) is 0. The molecule has 17 heavy (non-hydrogen) atoms. The first kappa shape index (κ1) is 15.0. The predicted octanol–water partition coefficient (Wildman–Crippen LogP) is 3.53. The highest BCUT2D eigenvalue weighted by Gasteiger charge is 2.11. The number of halogens is 1. The highest BCUT2D eigenvalue weighted by molar-refractivity contribution is 7.10. The van der Waals surface area contributed by atoms with E-state index in [9.17, 15) is 0 Å². The summed E-state index contributed by atoms with van der Waals surface area (Å²) in [5.41, 5.74) is 1.38. The SMILES string of the molecule is Cc1csc(CN(C)CCNC(C)(C)C)c1Cl. The molecule has 0 aliphatic rings. The van der Waals surface area contributed by atoms with E-state index < -0.39 is 0 Å². The maximum Gasteiger partial charge on any atom is 0.0587 e. The summed E-state index contributed by atoms with van der Waals surface area (Å²) in [4.78, 5) is 3.57. The second-order valence-electron chi connectivity index (χ2n) is 5.57. The Bertz CT molecular complexity index is 355. The maximum absolute atomic E-state index is 6.23. The molecule has 0 aliphatic heterocycles. The Balaban J connectivity index is 2.35. The van der Waals surface area contributed by atoms with Gasteiger partial charge in [-0.05, 0) is 45.7 Å². The zero-order valence-electron chi connectivity index (χ0n) is 11.4. The van der Waals surface area contributed by atoms with Gasteiger partial charge in [0, 0.05) is 30.1 Å². The molecule has 1 N–H and O–H groups in total. The molecule has 0 atom stereocenters. The molecule has 1 rings (SSSR count). The van der Waals surface area contributed by atoms with Crippen LogP contribution in [0, 0.1) is 6.92 Å². The van der Waals surface area contributed by atoms with Crippen LogP contribution in [0.15, 0.2) is 5.38 Å². The molecule has 2 nitrogen and oxygen atoms in total. The Kier molecular flexibility index (Phi) is 5.45. The summed E-state index contributed by atoms with van der Waals surface area (Å²) in [5, 5.41) is 6.55. The Morgan fingerprint density at radius 1 is 1.41 bits per heavy atom. The summed E-state index contributed by atoms with van der Waals surface area (Å²) in [6.07, 6.45) is 0. The van der Waals surface area contributed by atoms with Crippen molar-refractivity contribution in [3.05, 3.63) is 20.8 Å². The van der Waals surface area contributed by atoms with E-state index in [0.29, 0.717) is 0 Å². The molecule has 0 unspecified atom stereocenters. The van der Waals surface area contributed by atoms with Gasteiger partial charge < -0.3 is 5.32 Å². The minimum Gasteiger partial charge on any atom is -0.311 e. The van der Waals surface area contributed by atoms with Crippen LogP contribution in [-0.4, -0.2) is 30.6 Å². The highest BCUT2D eigenvalue weighted by atomic mass is 35.5. The van der Waals surface area contributed by atoms with Crippen LogP contribution < -0.4 is 5.32 Å². The molecule has 0 spiro atoms. The number of hydrogen-bond acceptors (Lipinski definition) is 3. The Morgan fingerprint density at radius 3 is 2.53 bits per heavy atom. The van der Waals surface area contributed by atoms with Crippen molar-refractivity contribution in [2.45, 2.75) is 39.8 Å². The first-order valence-corrected chi connectivity index (χ1v) is 7.21. The van der Waals surface area contributed by atoms with Gasteiger partial charge in [0.05, 0.1) is 5.02 Å². The lowest BCUT2D eigenvalue weighted by Crippen LogP contribution is -2.40. The topological polar surface area (TPSA) is 15.3 Å². The van der Waals surface area contributed by atoms with Crippen molar-refractivity contribution in [2.75, 3.05) is 20.1 Å². The number of thiophene rings is 1. The first-order chi connectivity index (χ1) is 7.79. The van der Waals surface area contributed by atoms with Crippen molar-refractivity contribution < 1.29 is 0 Å². The summed E-state index contributed by atoms with van der Waals surface area (Å²) in [5.74, 6) is 0. The van der Waals surface area contributed by atoms with Crippen LogP contribution in [0.2, 0.25) is 5.02 Å². The van der Waals surface area contributed by atoms with E-state index in [4.69, 9.17) is 11.6 Å². The zero-order valence-corrected chi connectivity index (χ0v) is 13.0. The van der Waals surface area contributed by atoms with Gasteiger partial charge in [-0.25, -0.2) is 0 Å². The normalized spacial score (nSPS) is 12.4. The van der Waals surface area contributed by atoms with Gasteiger partial charge in [0.2, 0.25) is 0 Å². The van der Waals surface area contributed by atoms with Crippen LogP contribution in [0.1, 0.15) is 31.2 Å². The molecule has 0 saturated heterocycles. The third-order valence-electron chi connectivity index (χ3n) is 2.53. The quantitative estimate of drug-likeness (QED) is 0.884. The molecule has 1 heterocycles. The lowest BCUT2D eigenvalue weighted by Gasteiger charge is -2.23. The summed E-state index contributed by atoms with van der Waals surface area (Å²) >= 11 is 7.98. The fraction of sp³-hybridized carbons (Fsp3) is 0.692. The second-order valence-corrected chi connectivity index (χ2v) is 6.91. The van der Waals surface area contributed by atoms with Crippen molar-refractivity contribution in [1.29, 1.82) is 0 Å². The zero-order chi connectivity index (χ0) is 13.1. The van der Waals surface area contributed by atoms with E-state index in [0.717, 1.165) is 24.7 Å². The number of rotatable bonds is 5. The van der Waals surface area contributed by atoms with Crippen LogP contribution in [0.25, 0.3) is 0 Å². The fourth-order valence-electron chi connectivity index (χ4n) is 1.54. The lowest BCUT2D eigenvalue weighted by atomic mass is 10.1. The fourth-order valence-corrected chi connectivity index (χ4v) is 2.84. The van der Waals surface area contributed by atoms with Crippen LogP contribution in [0.5, 0.6) is 0 Å². The lowest BCUT2D eigenvalue weighted by molar-refractivity contribution is 0.305. The van der Waals surface area contributed by atoms with E-state index in [1.165, 1.54) is 10.4 Å². The van der Waals surface area contributed by atoms with Gasteiger partial charge in [-0.3, -0.25) is 4.90 Å². The average Bonchev–Trinajstić information content (AvgIpc) is 2.47. The molecule has 0 bridgehead atoms. The van der Waals surface area contributed by atoms with Gasteiger partial charge in [-0.2, -0.15) is 0 Å². The Hall–Kier alpha value is -0.0900. The molecule has 0 amide bonds. The first-order valence-electron chi connectivity index (χ1n) is 5.95. The molecule has 0 saturated carbocycles. The number of nitrogens with one attached hydrogen (secondary N) is 1. The van der Waals surface area contributed by atoms with Crippen molar-refractivity contribution in [1.82, 2.24) is 10.2 Å². The molecule has 0 fully saturated rings. The molecule has 1 aromatic rings. The molecule has 4 heteroatoms. The minimum absolute atomic E-state index is 0.192. The summed E-state index contributed by atoms with van der Waals surface area (Å²) in [7, 11) is 2.13. The maximum atomic E-state index is 6.23. The van der Waals surface area contributed by atoms with Gasteiger partial charge in [0.15, 0.2) is 0 Å². The van der Waals surface area contributed by atoms with Gasteiger partial charge >= 0.3 is 0 Å². The molecular weight excluding hydrogens is 252 g/mol. The Labute approximate surface area is 114 Å². The van der Waals surface area contributed by atoms with E-state index in [2.05, 4.69) is 50.3 Å². The Morgan fingerprint density at radius 2 is 2.06 bits per heavy atom. The number of aryl methyl sites for hydroxylation is 1. The summed E-state index contributed by atoms with van der Waals surface area (Å²) in [6.45, 7) is 11.6. The van der Waals surface area contributed by atoms with Gasteiger partial charge in [-0.1, -0.05) is 11.6 Å². The predicted molar refractivity (Wildman–Crippen MR) is 78.2 cm³/mol. The van der Waals surface area contributed by atoms with Crippen molar-refractivity contribution in [3.63, 3.8) is 0 Å². The average molecular weight is 275 g/mol. The number of nitrogens with zero attached hydrogens (tertiary/aromatic N) is 1. The highest BCUT2D eigenvalue weighted by Crippen LogP contribution is 2.27. The summed E-state index contributed by atoms with van der Waals surface area (Å²) < 4.78 is 0. The van der Waals surface area contributed by atoms with E-state index in [1.807, 2.05) is 0 Å². The standard InChI is InChI=1S/C13H23ClN2S/c1-10-9-17-11(12(10)14)8-16(5)7-6-15-13(2,3)4/h9,15H,6-8H2,1-5H3. The molecule has 0 radical (unpaired) electrons. The molecule has 0 aromatic carbocycles. The van der Waals surface area contributed by atoms with Crippen molar-refractivity contribution in [2.24, 2.45) is 0 Å². The molecular formula is C13H23ClN2S. The molecule has 1 aromatic heterocycles. The number of hydrogen-bond donors (Lipinski definition) is 1. The second kappa shape index (κ2) is 6.19. The monoisotopic (exact) mass is 274 g/mol. The van der Waals surface area contributed by atoms with Crippen molar-refractivity contribution >= 4 is 22.9 Å². The van der Waals surface area contributed by atoms with E-state index >= 15 is 0 Å². The third-order valence-corrected chi connectivity index (χ3v) is 4.26. The minimum atomic E-state index is 0.192. The van der Waals surface area contributed by atoms with Crippen LogP contribution in [0.4, 0.5) is 0 Å². The largest absolute Gasteiger partial charge is 0.311 e. The van der Waals surface area contributed by atoms with Crippen LogP contribution >= 0.6 is 22.9 Å². The van der Waals surface area contributed by atoms with Gasteiger partial charge in [0.25, 0.3) is 0 Å². The van der Waals surface area contributed by atoms with Crippen molar-refractivity contribution in [3.8, 4) is 0 Å². The van der Waals surface area contributed by atoms with E-state index in [-0.39, 0.29) is 5.54 Å². The third kappa shape index (κ3) is 5.38. The van der Waals surface area contributed by atoms with Gasteiger partial charge in [-0.15, -0.1) is 11.3 Å². The van der Waals surface area contributed by atoms with Gasteiger partial charge in [0.1, 0.15) is 0 Å². The molecule has 98 valence electrons. The molecule has 0 aliphatic carbocycles. The van der Waals surface area contributed by atoms with Crippen LogP contribution in [0.3, 0.4) is 0 Å².